The number of carbonyl (C=O) groups is 1. The summed E-state index contributed by atoms with van der Waals surface area (Å²) in [6.45, 7) is 0. The Morgan fingerprint density at radius 3 is 2.33 bits per heavy atom. The van der Waals surface area contributed by atoms with Gasteiger partial charge in [-0.25, -0.2) is 22.4 Å². The molecule has 0 atom stereocenters. The largest absolute Gasteiger partial charge is 0.478 e. The van der Waals surface area contributed by atoms with E-state index >= 15 is 0 Å². The van der Waals surface area contributed by atoms with Gasteiger partial charge in [-0.15, -0.1) is 0 Å². The maximum Gasteiger partial charge on any atom is 0.337 e. The van der Waals surface area contributed by atoms with Crippen LogP contribution in [0, 0.1) is 23.3 Å². The van der Waals surface area contributed by atoms with Gasteiger partial charge in [-0.3, -0.25) is 0 Å². The number of hydrogen-bond donors (Lipinski definition) is 2. The van der Waals surface area contributed by atoms with Crippen molar-refractivity contribution in [2.24, 2.45) is 0 Å². The summed E-state index contributed by atoms with van der Waals surface area (Å²) in [4.78, 5) is 11.0. The number of aromatic carboxylic acids is 1. The van der Waals surface area contributed by atoms with Gasteiger partial charge in [0.05, 0.1) is 22.0 Å². The van der Waals surface area contributed by atoms with Gasteiger partial charge < -0.3 is 10.4 Å². The molecule has 2 rings (SSSR count). The molecule has 0 bridgehead atoms. The number of rotatable bonds is 3. The molecule has 2 aromatic rings. The zero-order valence-electron chi connectivity index (χ0n) is 10.1. The molecule has 0 radical (unpaired) electrons. The van der Waals surface area contributed by atoms with Crippen LogP contribution in [-0.2, 0) is 0 Å². The van der Waals surface area contributed by atoms with Crippen LogP contribution >= 0.6 is 11.6 Å². The number of benzene rings is 2. The van der Waals surface area contributed by atoms with E-state index in [1.165, 1.54) is 0 Å². The molecule has 0 fully saturated rings. The molecule has 0 aliphatic rings. The molecule has 2 aromatic carbocycles. The lowest BCUT2D eigenvalue weighted by Crippen LogP contribution is -2.08. The Kier molecular flexibility index (Phi) is 4.04. The average Bonchev–Trinajstić information content (AvgIpc) is 2.41. The summed E-state index contributed by atoms with van der Waals surface area (Å²) in [5, 5.41) is 10.3. The molecule has 110 valence electrons. The van der Waals surface area contributed by atoms with Crippen molar-refractivity contribution < 1.29 is 27.5 Å². The van der Waals surface area contributed by atoms with E-state index in [0.29, 0.717) is 12.1 Å². The number of nitrogens with one attached hydrogen (secondary N) is 1. The number of carboxylic acid groups (broad SMARTS) is 1. The monoisotopic (exact) mass is 319 g/mol. The molecule has 0 saturated carbocycles. The van der Waals surface area contributed by atoms with Gasteiger partial charge in [0.25, 0.3) is 0 Å². The number of halogens is 5. The van der Waals surface area contributed by atoms with Crippen molar-refractivity contribution in [3.63, 3.8) is 0 Å². The van der Waals surface area contributed by atoms with Crippen molar-refractivity contribution in [2.45, 2.75) is 0 Å². The molecule has 21 heavy (non-hydrogen) atoms. The van der Waals surface area contributed by atoms with Crippen LogP contribution in [-0.4, -0.2) is 11.1 Å². The molecule has 0 aliphatic heterocycles. The third-order valence-corrected chi connectivity index (χ3v) is 2.86. The fourth-order valence-corrected chi connectivity index (χ4v) is 1.80. The van der Waals surface area contributed by atoms with Crippen LogP contribution in [0.1, 0.15) is 10.4 Å². The van der Waals surface area contributed by atoms with Crippen LogP contribution in [0.4, 0.5) is 28.9 Å². The van der Waals surface area contributed by atoms with E-state index in [-0.39, 0.29) is 0 Å². The second kappa shape index (κ2) is 5.61. The third kappa shape index (κ3) is 2.92. The maximum absolute atomic E-state index is 13.8. The van der Waals surface area contributed by atoms with Crippen LogP contribution in [0.5, 0.6) is 0 Å². The van der Waals surface area contributed by atoms with Crippen LogP contribution in [0.2, 0.25) is 5.02 Å². The van der Waals surface area contributed by atoms with Gasteiger partial charge in [0, 0.05) is 6.07 Å². The number of carboxylic acids is 1. The van der Waals surface area contributed by atoms with E-state index in [4.69, 9.17) is 16.7 Å². The molecule has 0 saturated heterocycles. The van der Waals surface area contributed by atoms with Crippen LogP contribution < -0.4 is 5.32 Å². The van der Waals surface area contributed by atoms with E-state index < -0.39 is 51.2 Å². The van der Waals surface area contributed by atoms with Crippen molar-refractivity contribution in [2.75, 3.05) is 5.32 Å². The second-order valence-corrected chi connectivity index (χ2v) is 4.37. The number of anilines is 2. The molecule has 8 heteroatoms. The zero-order valence-corrected chi connectivity index (χ0v) is 10.8. The van der Waals surface area contributed by atoms with E-state index in [1.807, 2.05) is 0 Å². The van der Waals surface area contributed by atoms with Crippen molar-refractivity contribution >= 4 is 28.9 Å². The smallest absolute Gasteiger partial charge is 0.337 e. The summed E-state index contributed by atoms with van der Waals surface area (Å²) in [5.74, 6) is -6.63. The number of hydrogen-bond acceptors (Lipinski definition) is 2. The second-order valence-electron chi connectivity index (χ2n) is 3.96. The predicted octanol–water partition coefficient (Wildman–Crippen LogP) is 4.34. The predicted molar refractivity (Wildman–Crippen MR) is 68.0 cm³/mol. The quantitative estimate of drug-likeness (QED) is 0.653. The van der Waals surface area contributed by atoms with Gasteiger partial charge in [-0.05, 0) is 18.2 Å². The van der Waals surface area contributed by atoms with E-state index in [1.54, 1.807) is 0 Å². The van der Waals surface area contributed by atoms with Gasteiger partial charge in [0.15, 0.2) is 11.6 Å². The lowest BCUT2D eigenvalue weighted by Gasteiger charge is -2.13. The van der Waals surface area contributed by atoms with Crippen molar-refractivity contribution in [3.8, 4) is 0 Å². The minimum atomic E-state index is -1.60. The first-order chi connectivity index (χ1) is 9.81. The SMILES string of the molecule is O=C(O)c1cc(Cl)c(F)c(F)c1Nc1ccc(F)cc1F. The molecule has 0 unspecified atom stereocenters. The minimum Gasteiger partial charge on any atom is -0.478 e. The zero-order chi connectivity index (χ0) is 15.7. The highest BCUT2D eigenvalue weighted by Crippen LogP contribution is 2.31. The van der Waals surface area contributed by atoms with E-state index in [9.17, 15) is 22.4 Å². The Bertz CT molecular complexity index is 737. The van der Waals surface area contributed by atoms with Gasteiger partial charge >= 0.3 is 5.97 Å². The highest BCUT2D eigenvalue weighted by atomic mass is 35.5. The van der Waals surface area contributed by atoms with Crippen LogP contribution in [0.25, 0.3) is 0 Å². The Labute approximate surface area is 120 Å². The van der Waals surface area contributed by atoms with Crippen LogP contribution in [0.3, 0.4) is 0 Å². The first kappa shape index (κ1) is 15.1. The first-order valence-corrected chi connectivity index (χ1v) is 5.82. The summed E-state index contributed by atoms with van der Waals surface area (Å²) in [6, 6.07) is 2.98. The lowest BCUT2D eigenvalue weighted by atomic mass is 10.1. The van der Waals surface area contributed by atoms with Crippen molar-refractivity contribution in [1.82, 2.24) is 0 Å². The minimum absolute atomic E-state index is 0.417. The molecule has 3 nitrogen and oxygen atoms in total. The van der Waals surface area contributed by atoms with Gasteiger partial charge in [0.2, 0.25) is 0 Å². The molecule has 0 aliphatic carbocycles. The lowest BCUT2D eigenvalue weighted by molar-refractivity contribution is 0.0697. The summed E-state index contributed by atoms with van der Waals surface area (Å²) >= 11 is 5.36. The Morgan fingerprint density at radius 2 is 1.76 bits per heavy atom. The van der Waals surface area contributed by atoms with E-state index in [2.05, 4.69) is 5.32 Å². The molecule has 0 spiro atoms. The Hall–Kier alpha value is -2.28. The van der Waals surface area contributed by atoms with Gasteiger partial charge in [0.1, 0.15) is 11.6 Å². The topological polar surface area (TPSA) is 49.3 Å². The normalized spacial score (nSPS) is 10.5. The summed E-state index contributed by atoms with van der Waals surface area (Å²) in [7, 11) is 0. The van der Waals surface area contributed by atoms with E-state index in [0.717, 1.165) is 12.1 Å². The van der Waals surface area contributed by atoms with Crippen molar-refractivity contribution in [1.29, 1.82) is 0 Å². The average molecular weight is 320 g/mol. The molecule has 0 amide bonds. The molecule has 0 aromatic heterocycles. The summed E-state index contributed by atoms with van der Waals surface area (Å²) in [6.07, 6.45) is 0. The summed E-state index contributed by atoms with van der Waals surface area (Å²) in [5.41, 5.74) is -1.92. The fourth-order valence-electron chi connectivity index (χ4n) is 1.61. The Morgan fingerprint density at radius 1 is 1.10 bits per heavy atom. The third-order valence-electron chi connectivity index (χ3n) is 2.58. The summed E-state index contributed by atoms with van der Waals surface area (Å²) < 4.78 is 53.5. The van der Waals surface area contributed by atoms with Gasteiger partial charge in [-0.2, -0.15) is 0 Å². The van der Waals surface area contributed by atoms with Crippen molar-refractivity contribution in [3.05, 3.63) is 58.1 Å². The van der Waals surface area contributed by atoms with Crippen LogP contribution in [0.15, 0.2) is 24.3 Å². The maximum atomic E-state index is 13.8. The molecule has 2 N–H and O–H groups in total. The molecular weight excluding hydrogens is 314 g/mol. The highest BCUT2D eigenvalue weighted by molar-refractivity contribution is 6.31. The molecular formula is C13H6ClF4NO2. The fraction of sp³-hybridized carbons (Fsp3) is 0. The first-order valence-electron chi connectivity index (χ1n) is 5.44. The molecule has 0 heterocycles. The standard InChI is InChI=1S/C13H6ClF4NO2/c14-7-4-6(13(20)21)12(11(18)10(7)17)19-9-2-1-5(15)3-8(9)16/h1-4,19H,(H,20,21). The Balaban J connectivity index is 2.57. The van der Waals surface area contributed by atoms with Gasteiger partial charge in [-0.1, -0.05) is 11.6 Å². The highest BCUT2D eigenvalue weighted by Gasteiger charge is 2.22.